The first-order chi connectivity index (χ1) is 13.1. The molecule has 0 bridgehead atoms. The van der Waals surface area contributed by atoms with Crippen LogP contribution in [0.2, 0.25) is 5.02 Å². The van der Waals surface area contributed by atoms with E-state index in [1.807, 2.05) is 55.6 Å². The minimum absolute atomic E-state index is 0.0537. The molecule has 0 atom stereocenters. The SMILES string of the molecule is CCCN(Cc1nnc(-c2ccccc2Cl)o1)C(=O)c1ccc(SC)cc1. The van der Waals surface area contributed by atoms with Crippen LogP contribution in [0.3, 0.4) is 0 Å². The van der Waals surface area contributed by atoms with Gasteiger partial charge in [-0.2, -0.15) is 0 Å². The molecule has 0 spiro atoms. The lowest BCUT2D eigenvalue weighted by Gasteiger charge is -2.20. The second-order valence-corrected chi connectivity index (χ2v) is 7.22. The van der Waals surface area contributed by atoms with E-state index < -0.39 is 0 Å². The molecular formula is C20H20ClN3O2S. The van der Waals surface area contributed by atoms with Gasteiger partial charge in [0.25, 0.3) is 5.91 Å². The third kappa shape index (κ3) is 4.70. The Morgan fingerprint density at radius 2 is 1.89 bits per heavy atom. The number of benzene rings is 2. The Labute approximate surface area is 167 Å². The molecule has 27 heavy (non-hydrogen) atoms. The molecule has 2 aromatic carbocycles. The maximum Gasteiger partial charge on any atom is 0.254 e. The number of hydrogen-bond donors (Lipinski definition) is 0. The summed E-state index contributed by atoms with van der Waals surface area (Å²) < 4.78 is 5.75. The predicted molar refractivity (Wildman–Crippen MR) is 108 cm³/mol. The molecule has 7 heteroatoms. The van der Waals surface area contributed by atoms with E-state index in [1.54, 1.807) is 22.7 Å². The van der Waals surface area contributed by atoms with Gasteiger partial charge in [-0.15, -0.1) is 22.0 Å². The summed E-state index contributed by atoms with van der Waals surface area (Å²) in [5.41, 5.74) is 1.33. The Morgan fingerprint density at radius 1 is 1.15 bits per heavy atom. The van der Waals surface area contributed by atoms with Gasteiger partial charge in [-0.1, -0.05) is 30.7 Å². The van der Waals surface area contributed by atoms with Crippen molar-refractivity contribution in [3.63, 3.8) is 0 Å². The van der Waals surface area contributed by atoms with Gasteiger partial charge in [0.1, 0.15) is 0 Å². The van der Waals surface area contributed by atoms with Gasteiger partial charge in [-0.05, 0) is 49.1 Å². The topological polar surface area (TPSA) is 59.2 Å². The third-order valence-electron chi connectivity index (χ3n) is 4.01. The quantitative estimate of drug-likeness (QED) is 0.511. The van der Waals surface area contributed by atoms with Gasteiger partial charge in [0.2, 0.25) is 11.8 Å². The number of carbonyl (C=O) groups is 1. The monoisotopic (exact) mass is 401 g/mol. The van der Waals surface area contributed by atoms with Crippen LogP contribution < -0.4 is 0 Å². The molecule has 1 heterocycles. The van der Waals surface area contributed by atoms with Gasteiger partial charge in [0, 0.05) is 17.0 Å². The summed E-state index contributed by atoms with van der Waals surface area (Å²) >= 11 is 7.83. The molecule has 0 saturated heterocycles. The zero-order chi connectivity index (χ0) is 19.2. The van der Waals surface area contributed by atoms with Crippen molar-refractivity contribution in [1.29, 1.82) is 0 Å². The molecule has 0 radical (unpaired) electrons. The lowest BCUT2D eigenvalue weighted by Crippen LogP contribution is -2.31. The molecule has 1 aromatic heterocycles. The van der Waals surface area contributed by atoms with Gasteiger partial charge in [-0.25, -0.2) is 0 Å². The second kappa shape index (κ2) is 9.06. The fourth-order valence-electron chi connectivity index (χ4n) is 2.66. The van der Waals surface area contributed by atoms with E-state index in [-0.39, 0.29) is 12.5 Å². The molecule has 1 amide bonds. The highest BCUT2D eigenvalue weighted by atomic mass is 35.5. The number of thioether (sulfide) groups is 1. The van der Waals surface area contributed by atoms with Crippen LogP contribution in [0, 0.1) is 0 Å². The van der Waals surface area contributed by atoms with Crippen molar-refractivity contribution in [3.8, 4) is 11.5 Å². The molecule has 0 aliphatic heterocycles. The number of rotatable bonds is 7. The molecule has 0 aliphatic carbocycles. The largest absolute Gasteiger partial charge is 0.419 e. The molecule has 5 nitrogen and oxygen atoms in total. The normalized spacial score (nSPS) is 10.8. The molecule has 3 aromatic rings. The van der Waals surface area contributed by atoms with Crippen LogP contribution in [0.1, 0.15) is 29.6 Å². The van der Waals surface area contributed by atoms with E-state index in [1.165, 1.54) is 0 Å². The minimum atomic E-state index is -0.0537. The summed E-state index contributed by atoms with van der Waals surface area (Å²) in [6.45, 7) is 2.89. The van der Waals surface area contributed by atoms with Crippen LogP contribution in [0.15, 0.2) is 57.8 Å². The zero-order valence-electron chi connectivity index (χ0n) is 15.2. The number of hydrogen-bond acceptors (Lipinski definition) is 5. The highest BCUT2D eigenvalue weighted by Gasteiger charge is 2.19. The van der Waals surface area contributed by atoms with Crippen molar-refractivity contribution in [2.45, 2.75) is 24.8 Å². The average molecular weight is 402 g/mol. The first kappa shape index (κ1) is 19.5. The Hall–Kier alpha value is -2.31. The molecule has 3 rings (SSSR count). The maximum atomic E-state index is 12.9. The third-order valence-corrected chi connectivity index (χ3v) is 5.09. The van der Waals surface area contributed by atoms with Crippen LogP contribution >= 0.6 is 23.4 Å². The van der Waals surface area contributed by atoms with Crippen molar-refractivity contribution in [2.24, 2.45) is 0 Å². The van der Waals surface area contributed by atoms with Crippen molar-refractivity contribution < 1.29 is 9.21 Å². The second-order valence-electron chi connectivity index (χ2n) is 5.94. The van der Waals surface area contributed by atoms with E-state index in [9.17, 15) is 4.79 Å². The number of nitrogens with zero attached hydrogens (tertiary/aromatic N) is 3. The zero-order valence-corrected chi connectivity index (χ0v) is 16.8. The van der Waals surface area contributed by atoms with E-state index in [0.717, 1.165) is 11.3 Å². The molecule has 140 valence electrons. The predicted octanol–water partition coefficient (Wildman–Crippen LogP) is 5.16. The van der Waals surface area contributed by atoms with Gasteiger partial charge in [-0.3, -0.25) is 4.79 Å². The van der Waals surface area contributed by atoms with Gasteiger partial charge in [0.05, 0.1) is 17.1 Å². The molecule has 0 unspecified atom stereocenters. The molecule has 0 aliphatic rings. The average Bonchev–Trinajstić information content (AvgIpc) is 3.16. The highest BCUT2D eigenvalue weighted by Crippen LogP contribution is 2.26. The maximum absolute atomic E-state index is 12.9. The van der Waals surface area contributed by atoms with Gasteiger partial charge < -0.3 is 9.32 Å². The van der Waals surface area contributed by atoms with E-state index >= 15 is 0 Å². The van der Waals surface area contributed by atoms with Gasteiger partial charge in [0.15, 0.2) is 0 Å². The highest BCUT2D eigenvalue weighted by molar-refractivity contribution is 7.98. The fourth-order valence-corrected chi connectivity index (χ4v) is 3.29. The van der Waals surface area contributed by atoms with E-state index in [0.29, 0.717) is 34.5 Å². The van der Waals surface area contributed by atoms with Crippen molar-refractivity contribution >= 4 is 29.3 Å². The number of halogens is 1. The standard InChI is InChI=1S/C20H20ClN3O2S/c1-3-12-24(20(25)14-8-10-15(27-2)11-9-14)13-18-22-23-19(26-18)16-6-4-5-7-17(16)21/h4-11H,3,12-13H2,1-2H3. The summed E-state index contributed by atoms with van der Waals surface area (Å²) in [4.78, 5) is 15.7. The lowest BCUT2D eigenvalue weighted by molar-refractivity contribution is 0.0728. The van der Waals surface area contributed by atoms with Crippen LogP contribution in [0.25, 0.3) is 11.5 Å². The van der Waals surface area contributed by atoms with Crippen LogP contribution in [0.5, 0.6) is 0 Å². The number of amides is 1. The number of aromatic nitrogens is 2. The van der Waals surface area contributed by atoms with Crippen molar-refractivity contribution in [1.82, 2.24) is 15.1 Å². The van der Waals surface area contributed by atoms with Gasteiger partial charge >= 0.3 is 0 Å². The molecule has 0 saturated carbocycles. The molecule has 0 N–H and O–H groups in total. The van der Waals surface area contributed by atoms with Crippen molar-refractivity contribution in [2.75, 3.05) is 12.8 Å². The minimum Gasteiger partial charge on any atom is -0.419 e. The Kier molecular flexibility index (Phi) is 6.53. The van der Waals surface area contributed by atoms with Crippen molar-refractivity contribution in [3.05, 3.63) is 65.0 Å². The van der Waals surface area contributed by atoms with Crippen LogP contribution in [-0.4, -0.2) is 33.8 Å². The summed E-state index contributed by atoms with van der Waals surface area (Å²) in [6, 6.07) is 14.9. The van der Waals surface area contributed by atoms with E-state index in [4.69, 9.17) is 16.0 Å². The number of carbonyl (C=O) groups excluding carboxylic acids is 1. The fraction of sp³-hybridized carbons (Fsp3) is 0.250. The first-order valence-corrected chi connectivity index (χ1v) is 10.2. The Bertz CT molecular complexity index is 912. The first-order valence-electron chi connectivity index (χ1n) is 8.63. The lowest BCUT2D eigenvalue weighted by atomic mass is 10.2. The van der Waals surface area contributed by atoms with Crippen LogP contribution in [0.4, 0.5) is 0 Å². The smallest absolute Gasteiger partial charge is 0.254 e. The summed E-state index contributed by atoms with van der Waals surface area (Å²) in [6.07, 6.45) is 2.84. The summed E-state index contributed by atoms with van der Waals surface area (Å²) in [7, 11) is 0. The Morgan fingerprint density at radius 3 is 2.56 bits per heavy atom. The molecular weight excluding hydrogens is 382 g/mol. The Balaban J connectivity index is 1.78. The summed E-state index contributed by atoms with van der Waals surface area (Å²) in [5, 5.41) is 8.70. The van der Waals surface area contributed by atoms with E-state index in [2.05, 4.69) is 10.2 Å². The molecule has 0 fully saturated rings. The van der Waals surface area contributed by atoms with Crippen LogP contribution in [-0.2, 0) is 6.54 Å². The summed E-state index contributed by atoms with van der Waals surface area (Å²) in [5.74, 6) is 0.679.